The normalized spacial score (nSPS) is 12.5. The van der Waals surface area contributed by atoms with Gasteiger partial charge in [0, 0.05) is 0 Å². The summed E-state index contributed by atoms with van der Waals surface area (Å²) in [7, 11) is -4.01. The molecule has 0 fully saturated rings. The van der Waals surface area contributed by atoms with Crippen LogP contribution in [0.25, 0.3) is 0 Å². The number of hydrogen-bond acceptors (Lipinski definition) is 4. The number of aliphatic carboxylic acids is 1. The maximum atomic E-state index is 13.0. The number of rotatable bonds is 9. The highest BCUT2D eigenvalue weighted by molar-refractivity contribution is 7.89. The Bertz CT molecular complexity index is 835. The summed E-state index contributed by atoms with van der Waals surface area (Å²) in [5.41, 5.74) is 0.488. The predicted molar refractivity (Wildman–Crippen MR) is 93.9 cm³/mol. The first-order chi connectivity index (χ1) is 12.3. The summed E-state index contributed by atoms with van der Waals surface area (Å²) in [4.78, 5) is 11.0. The number of sulfonamides is 1. The zero-order chi connectivity index (χ0) is 19.2. The molecule has 0 bridgehead atoms. The molecule has 8 heteroatoms. The van der Waals surface area contributed by atoms with Gasteiger partial charge in [0.15, 0.2) is 0 Å². The van der Waals surface area contributed by atoms with Gasteiger partial charge in [-0.25, -0.2) is 17.5 Å². The van der Waals surface area contributed by atoms with Crippen molar-refractivity contribution in [2.45, 2.75) is 30.7 Å². The first kappa shape index (κ1) is 19.9. The molecule has 0 radical (unpaired) electrons. The Morgan fingerprint density at radius 1 is 1.15 bits per heavy atom. The topological polar surface area (TPSA) is 92.7 Å². The number of carboxylic acids is 1. The molecule has 26 heavy (non-hydrogen) atoms. The van der Waals surface area contributed by atoms with Gasteiger partial charge in [-0.2, -0.15) is 0 Å². The van der Waals surface area contributed by atoms with E-state index in [-0.39, 0.29) is 4.90 Å². The molecule has 0 saturated heterocycles. The molecule has 0 aliphatic carbocycles. The highest BCUT2D eigenvalue weighted by Gasteiger charge is 2.23. The molecule has 0 amide bonds. The Morgan fingerprint density at radius 3 is 2.31 bits per heavy atom. The fourth-order valence-corrected chi connectivity index (χ4v) is 3.51. The van der Waals surface area contributed by atoms with Gasteiger partial charge < -0.3 is 9.84 Å². The van der Waals surface area contributed by atoms with Crippen molar-refractivity contribution in [3.63, 3.8) is 0 Å². The van der Waals surface area contributed by atoms with Gasteiger partial charge in [-0.05, 0) is 48.4 Å². The van der Waals surface area contributed by atoms with Crippen LogP contribution in [0.4, 0.5) is 4.39 Å². The summed E-state index contributed by atoms with van der Waals surface area (Å²) in [6.45, 7) is 2.52. The fraction of sp³-hybridized carbons (Fsp3) is 0.278. The molecule has 0 heterocycles. The Balaban J connectivity index is 2.24. The van der Waals surface area contributed by atoms with Crippen molar-refractivity contribution in [2.75, 3.05) is 6.61 Å². The lowest BCUT2D eigenvalue weighted by atomic mass is 10.0. The molecule has 2 rings (SSSR count). The highest BCUT2D eigenvalue weighted by Crippen LogP contribution is 2.23. The molecule has 1 atom stereocenters. The van der Waals surface area contributed by atoms with Crippen LogP contribution in [0.5, 0.6) is 5.75 Å². The largest absolute Gasteiger partial charge is 0.494 e. The molecule has 140 valence electrons. The minimum Gasteiger partial charge on any atom is -0.494 e. The van der Waals surface area contributed by atoms with Crippen LogP contribution in [0.3, 0.4) is 0 Å². The van der Waals surface area contributed by atoms with Gasteiger partial charge in [0.05, 0.1) is 24.0 Å². The molecule has 0 aromatic heterocycles. The minimum atomic E-state index is -4.01. The molecule has 2 aromatic carbocycles. The average molecular weight is 381 g/mol. The summed E-state index contributed by atoms with van der Waals surface area (Å²) < 4.78 is 45.8. The van der Waals surface area contributed by atoms with Gasteiger partial charge in [-0.1, -0.05) is 19.1 Å². The van der Waals surface area contributed by atoms with E-state index >= 15 is 0 Å². The Kier molecular flexibility index (Phi) is 6.70. The SMILES string of the molecule is CCCOc1ccc([C@H](CC(=O)O)NS(=O)(=O)c2ccc(F)cc2)cc1. The predicted octanol–water partition coefficient (Wildman–Crippen LogP) is 3.11. The molecule has 0 aliphatic rings. The summed E-state index contributed by atoms with van der Waals surface area (Å²) in [5, 5.41) is 9.11. The number of benzene rings is 2. The van der Waals surface area contributed by atoms with E-state index in [0.29, 0.717) is 17.9 Å². The zero-order valence-electron chi connectivity index (χ0n) is 14.2. The van der Waals surface area contributed by atoms with E-state index in [1.807, 2.05) is 6.92 Å². The van der Waals surface area contributed by atoms with Gasteiger partial charge in [0.1, 0.15) is 11.6 Å². The lowest BCUT2D eigenvalue weighted by Crippen LogP contribution is -2.30. The minimum absolute atomic E-state index is 0.141. The van der Waals surface area contributed by atoms with Gasteiger partial charge in [0.2, 0.25) is 10.0 Å². The van der Waals surface area contributed by atoms with Crippen molar-refractivity contribution in [2.24, 2.45) is 0 Å². The van der Waals surface area contributed by atoms with Gasteiger partial charge in [-0.15, -0.1) is 0 Å². The van der Waals surface area contributed by atoms with Crippen LogP contribution in [0.2, 0.25) is 0 Å². The van der Waals surface area contributed by atoms with Crippen LogP contribution in [0.15, 0.2) is 53.4 Å². The second-order valence-corrected chi connectivity index (χ2v) is 7.36. The molecule has 0 spiro atoms. The summed E-state index contributed by atoms with van der Waals surface area (Å²) in [5.74, 6) is -1.09. The van der Waals surface area contributed by atoms with Crippen molar-refractivity contribution in [3.05, 3.63) is 59.9 Å². The van der Waals surface area contributed by atoms with E-state index in [2.05, 4.69) is 4.72 Å². The quantitative estimate of drug-likeness (QED) is 0.696. The number of carboxylic acid groups (broad SMARTS) is 1. The van der Waals surface area contributed by atoms with Gasteiger partial charge in [0.25, 0.3) is 0 Å². The van der Waals surface area contributed by atoms with Crippen molar-refractivity contribution in [1.82, 2.24) is 4.72 Å². The van der Waals surface area contributed by atoms with E-state index in [1.165, 1.54) is 0 Å². The summed E-state index contributed by atoms with van der Waals surface area (Å²) in [6, 6.07) is 9.88. The maximum absolute atomic E-state index is 13.0. The second kappa shape index (κ2) is 8.77. The maximum Gasteiger partial charge on any atom is 0.305 e. The molecule has 6 nitrogen and oxygen atoms in total. The third-order valence-electron chi connectivity index (χ3n) is 3.56. The van der Waals surface area contributed by atoms with Crippen LogP contribution in [-0.4, -0.2) is 26.1 Å². The standard InChI is InChI=1S/C18H20FNO5S/c1-2-11-25-15-7-3-13(4-8-15)17(12-18(21)22)20-26(23,24)16-9-5-14(19)6-10-16/h3-10,17,20H,2,11-12H2,1H3,(H,21,22)/t17-/m0/s1. The summed E-state index contributed by atoms with van der Waals surface area (Å²) in [6.07, 6.45) is 0.413. The average Bonchev–Trinajstić information content (AvgIpc) is 2.59. The van der Waals surface area contributed by atoms with Crippen LogP contribution < -0.4 is 9.46 Å². The number of halogens is 1. The number of nitrogens with one attached hydrogen (secondary N) is 1. The van der Waals surface area contributed by atoms with Gasteiger partial charge in [-0.3, -0.25) is 4.79 Å². The summed E-state index contributed by atoms with van der Waals surface area (Å²) >= 11 is 0. The molecule has 0 unspecified atom stereocenters. The Labute approximate surface area is 151 Å². The van der Waals surface area contributed by atoms with Crippen LogP contribution >= 0.6 is 0 Å². The zero-order valence-corrected chi connectivity index (χ0v) is 15.0. The molecule has 2 N–H and O–H groups in total. The van der Waals surface area contributed by atoms with E-state index in [0.717, 1.165) is 30.7 Å². The third kappa shape index (κ3) is 5.53. The van der Waals surface area contributed by atoms with Crippen LogP contribution in [-0.2, 0) is 14.8 Å². The number of carbonyl (C=O) groups is 1. The highest BCUT2D eigenvalue weighted by atomic mass is 32.2. The molecule has 2 aromatic rings. The van der Waals surface area contributed by atoms with E-state index < -0.39 is 34.3 Å². The monoisotopic (exact) mass is 381 g/mol. The molecule has 0 saturated carbocycles. The Hall–Kier alpha value is -2.45. The fourth-order valence-electron chi connectivity index (χ4n) is 2.29. The van der Waals surface area contributed by atoms with Crippen molar-refractivity contribution in [1.29, 1.82) is 0 Å². The van der Waals surface area contributed by atoms with E-state index in [1.54, 1.807) is 24.3 Å². The Morgan fingerprint density at radius 2 is 1.77 bits per heavy atom. The number of hydrogen-bond donors (Lipinski definition) is 2. The lowest BCUT2D eigenvalue weighted by Gasteiger charge is -2.18. The smallest absolute Gasteiger partial charge is 0.305 e. The van der Waals surface area contributed by atoms with E-state index in [9.17, 15) is 17.6 Å². The van der Waals surface area contributed by atoms with Crippen molar-refractivity contribution in [3.8, 4) is 5.75 Å². The lowest BCUT2D eigenvalue weighted by molar-refractivity contribution is -0.137. The first-order valence-corrected chi connectivity index (χ1v) is 9.52. The molecule has 0 aliphatic heterocycles. The third-order valence-corrected chi connectivity index (χ3v) is 5.04. The van der Waals surface area contributed by atoms with E-state index in [4.69, 9.17) is 9.84 Å². The first-order valence-electron chi connectivity index (χ1n) is 8.04. The van der Waals surface area contributed by atoms with Crippen LogP contribution in [0, 0.1) is 5.82 Å². The number of ether oxygens (including phenoxy) is 1. The van der Waals surface area contributed by atoms with Gasteiger partial charge >= 0.3 is 5.97 Å². The van der Waals surface area contributed by atoms with Crippen LogP contribution in [0.1, 0.15) is 31.4 Å². The molecular formula is C18H20FNO5S. The molecular weight excluding hydrogens is 361 g/mol. The van der Waals surface area contributed by atoms with Crippen molar-refractivity contribution < 1.29 is 27.4 Å². The van der Waals surface area contributed by atoms with Crippen molar-refractivity contribution >= 4 is 16.0 Å². The second-order valence-electron chi connectivity index (χ2n) is 5.64.